The summed E-state index contributed by atoms with van der Waals surface area (Å²) in [4.78, 5) is 16.4. The Kier molecular flexibility index (Phi) is 4.43. The van der Waals surface area contributed by atoms with E-state index in [4.69, 9.17) is 0 Å². The Morgan fingerprint density at radius 1 is 1.18 bits per heavy atom. The smallest absolute Gasteiger partial charge is 0.236 e. The topological polar surface area (TPSA) is 23.6 Å². The Balaban J connectivity index is 1.76. The summed E-state index contributed by atoms with van der Waals surface area (Å²) < 4.78 is 0. The van der Waals surface area contributed by atoms with Gasteiger partial charge in [-0.25, -0.2) is 0 Å². The Labute approximate surface area is 105 Å². The molecule has 3 nitrogen and oxygen atoms in total. The Bertz CT molecular complexity index is 253. The van der Waals surface area contributed by atoms with Crippen molar-refractivity contribution in [3.05, 3.63) is 0 Å². The van der Waals surface area contributed by atoms with Gasteiger partial charge in [-0.2, -0.15) is 0 Å². The summed E-state index contributed by atoms with van der Waals surface area (Å²) in [6.07, 6.45) is 7.57. The fourth-order valence-corrected chi connectivity index (χ4v) is 3.09. The first kappa shape index (κ1) is 12.9. The maximum Gasteiger partial charge on any atom is 0.236 e. The van der Waals surface area contributed by atoms with Gasteiger partial charge in [0, 0.05) is 19.1 Å². The van der Waals surface area contributed by atoms with Crippen LogP contribution in [0.1, 0.15) is 45.4 Å². The molecule has 0 radical (unpaired) electrons. The van der Waals surface area contributed by atoms with Crippen LogP contribution in [0.3, 0.4) is 0 Å². The van der Waals surface area contributed by atoms with Crippen LogP contribution >= 0.6 is 0 Å². The number of nitrogens with zero attached hydrogens (tertiary/aromatic N) is 2. The fraction of sp³-hybridized carbons (Fsp3) is 0.929. The summed E-state index contributed by atoms with van der Waals surface area (Å²) in [5, 5.41) is 0. The molecule has 0 aromatic heterocycles. The van der Waals surface area contributed by atoms with Crippen LogP contribution in [0.5, 0.6) is 0 Å². The molecule has 1 heterocycles. The molecule has 1 saturated carbocycles. The van der Waals surface area contributed by atoms with E-state index in [2.05, 4.69) is 18.9 Å². The van der Waals surface area contributed by atoms with Crippen LogP contribution in [-0.4, -0.2) is 48.4 Å². The summed E-state index contributed by atoms with van der Waals surface area (Å²) in [6, 6.07) is 0.637. The first-order chi connectivity index (χ1) is 8.16. The molecule has 1 aliphatic carbocycles. The van der Waals surface area contributed by atoms with Crippen molar-refractivity contribution in [2.24, 2.45) is 5.92 Å². The quantitative estimate of drug-likeness (QED) is 0.752. The third-order valence-corrected chi connectivity index (χ3v) is 4.45. The Hall–Kier alpha value is -0.570. The van der Waals surface area contributed by atoms with Crippen LogP contribution in [0.4, 0.5) is 0 Å². The molecule has 98 valence electrons. The SMILES string of the molecule is CN(CC(=O)N1CCCC1)[C@H]1CC[C@H](C)CC1. The number of carbonyl (C=O) groups excluding carboxylic acids is 1. The molecule has 0 aromatic carbocycles. The van der Waals surface area contributed by atoms with E-state index in [0.717, 1.165) is 19.0 Å². The number of hydrogen-bond donors (Lipinski definition) is 0. The molecule has 3 heteroatoms. The highest BCUT2D eigenvalue weighted by molar-refractivity contribution is 5.78. The average Bonchev–Trinajstić information content (AvgIpc) is 2.83. The van der Waals surface area contributed by atoms with Crippen molar-refractivity contribution in [3.8, 4) is 0 Å². The van der Waals surface area contributed by atoms with Crippen molar-refractivity contribution >= 4 is 5.91 Å². The van der Waals surface area contributed by atoms with E-state index in [1.807, 2.05) is 4.90 Å². The lowest BCUT2D eigenvalue weighted by Crippen LogP contribution is -2.42. The zero-order valence-electron chi connectivity index (χ0n) is 11.3. The van der Waals surface area contributed by atoms with Gasteiger partial charge in [-0.05, 0) is 51.5 Å². The normalized spacial score (nSPS) is 29.9. The van der Waals surface area contributed by atoms with Gasteiger partial charge in [0.25, 0.3) is 0 Å². The minimum Gasteiger partial charge on any atom is -0.342 e. The summed E-state index contributed by atoms with van der Waals surface area (Å²) in [7, 11) is 2.12. The van der Waals surface area contributed by atoms with E-state index in [0.29, 0.717) is 18.5 Å². The van der Waals surface area contributed by atoms with Crippen LogP contribution in [0, 0.1) is 5.92 Å². The van der Waals surface area contributed by atoms with Gasteiger partial charge in [0.2, 0.25) is 5.91 Å². The maximum absolute atomic E-state index is 12.0. The summed E-state index contributed by atoms with van der Waals surface area (Å²) in [6.45, 7) is 4.92. The molecular weight excluding hydrogens is 212 g/mol. The molecule has 2 fully saturated rings. The van der Waals surface area contributed by atoms with Crippen molar-refractivity contribution in [1.82, 2.24) is 9.80 Å². The highest BCUT2D eigenvalue weighted by Crippen LogP contribution is 2.26. The number of amides is 1. The van der Waals surface area contributed by atoms with Crippen LogP contribution in [0.2, 0.25) is 0 Å². The zero-order chi connectivity index (χ0) is 12.3. The van der Waals surface area contributed by atoms with E-state index in [9.17, 15) is 4.79 Å². The van der Waals surface area contributed by atoms with E-state index in [1.165, 1.54) is 38.5 Å². The monoisotopic (exact) mass is 238 g/mol. The Morgan fingerprint density at radius 2 is 1.76 bits per heavy atom. The van der Waals surface area contributed by atoms with Gasteiger partial charge in [0.15, 0.2) is 0 Å². The molecule has 1 aliphatic heterocycles. The third kappa shape index (κ3) is 3.44. The summed E-state index contributed by atoms with van der Waals surface area (Å²) in [5.74, 6) is 1.22. The van der Waals surface area contributed by atoms with Crippen molar-refractivity contribution in [1.29, 1.82) is 0 Å². The van der Waals surface area contributed by atoms with Crippen molar-refractivity contribution < 1.29 is 4.79 Å². The number of hydrogen-bond acceptors (Lipinski definition) is 2. The predicted octanol–water partition coefficient (Wildman–Crippen LogP) is 2.12. The van der Waals surface area contributed by atoms with Gasteiger partial charge < -0.3 is 4.90 Å². The number of likely N-dealkylation sites (N-methyl/N-ethyl adjacent to an activating group) is 1. The highest BCUT2D eigenvalue weighted by Gasteiger charge is 2.25. The molecule has 0 bridgehead atoms. The van der Waals surface area contributed by atoms with Gasteiger partial charge in [0.1, 0.15) is 0 Å². The second-order valence-electron chi connectivity index (χ2n) is 5.92. The molecule has 2 rings (SSSR count). The molecular formula is C14H26N2O. The first-order valence-electron chi connectivity index (χ1n) is 7.15. The maximum atomic E-state index is 12.0. The molecule has 1 saturated heterocycles. The molecule has 0 aromatic rings. The van der Waals surface area contributed by atoms with E-state index >= 15 is 0 Å². The zero-order valence-corrected chi connectivity index (χ0v) is 11.3. The molecule has 0 spiro atoms. The van der Waals surface area contributed by atoms with Gasteiger partial charge >= 0.3 is 0 Å². The number of likely N-dealkylation sites (tertiary alicyclic amines) is 1. The molecule has 1 amide bonds. The second-order valence-corrected chi connectivity index (χ2v) is 5.92. The first-order valence-corrected chi connectivity index (χ1v) is 7.15. The third-order valence-electron chi connectivity index (χ3n) is 4.45. The molecule has 0 atom stereocenters. The van der Waals surface area contributed by atoms with Crippen LogP contribution in [0.15, 0.2) is 0 Å². The second kappa shape index (κ2) is 5.85. The number of rotatable bonds is 3. The van der Waals surface area contributed by atoms with Crippen LogP contribution in [0.25, 0.3) is 0 Å². The summed E-state index contributed by atoms with van der Waals surface area (Å²) in [5.41, 5.74) is 0. The molecule has 0 unspecified atom stereocenters. The van der Waals surface area contributed by atoms with E-state index < -0.39 is 0 Å². The van der Waals surface area contributed by atoms with E-state index in [-0.39, 0.29) is 0 Å². The van der Waals surface area contributed by atoms with Crippen molar-refractivity contribution in [2.75, 3.05) is 26.7 Å². The molecule has 17 heavy (non-hydrogen) atoms. The van der Waals surface area contributed by atoms with Crippen LogP contribution in [-0.2, 0) is 4.79 Å². The highest BCUT2D eigenvalue weighted by atomic mass is 16.2. The van der Waals surface area contributed by atoms with Crippen molar-refractivity contribution in [3.63, 3.8) is 0 Å². The predicted molar refractivity (Wildman–Crippen MR) is 69.9 cm³/mol. The van der Waals surface area contributed by atoms with Crippen LogP contribution < -0.4 is 0 Å². The number of carbonyl (C=O) groups is 1. The average molecular weight is 238 g/mol. The van der Waals surface area contributed by atoms with Gasteiger partial charge in [0.05, 0.1) is 6.54 Å². The largest absolute Gasteiger partial charge is 0.342 e. The van der Waals surface area contributed by atoms with E-state index in [1.54, 1.807) is 0 Å². The van der Waals surface area contributed by atoms with Gasteiger partial charge in [-0.1, -0.05) is 6.92 Å². The Morgan fingerprint density at radius 3 is 2.35 bits per heavy atom. The lowest BCUT2D eigenvalue weighted by molar-refractivity contribution is -0.131. The fourth-order valence-electron chi connectivity index (χ4n) is 3.09. The minimum atomic E-state index is 0.337. The lowest BCUT2D eigenvalue weighted by Gasteiger charge is -2.34. The van der Waals surface area contributed by atoms with Gasteiger partial charge in [-0.3, -0.25) is 9.69 Å². The van der Waals surface area contributed by atoms with Gasteiger partial charge in [-0.15, -0.1) is 0 Å². The van der Waals surface area contributed by atoms with Crippen molar-refractivity contribution in [2.45, 2.75) is 51.5 Å². The summed E-state index contributed by atoms with van der Waals surface area (Å²) >= 11 is 0. The molecule has 2 aliphatic rings. The lowest BCUT2D eigenvalue weighted by atomic mass is 9.87. The molecule has 0 N–H and O–H groups in total. The standard InChI is InChI=1S/C14H26N2O/c1-12-5-7-13(8-6-12)15(2)11-14(17)16-9-3-4-10-16/h12-13H,3-11H2,1-2H3/t12-,13-. The minimum absolute atomic E-state index is 0.337.